The van der Waals surface area contributed by atoms with Gasteiger partial charge in [0.1, 0.15) is 6.33 Å². The number of carbonyl (C=O) groups excluding carboxylic acids is 1. The number of hydrogen-bond acceptors (Lipinski definition) is 4. The summed E-state index contributed by atoms with van der Waals surface area (Å²) < 4.78 is 0. The summed E-state index contributed by atoms with van der Waals surface area (Å²) in [5.74, 6) is 0.0687. The molecule has 0 saturated carbocycles. The maximum Gasteiger partial charge on any atom is 0.256 e. The molecule has 1 aromatic carbocycles. The third-order valence-corrected chi connectivity index (χ3v) is 3.87. The molecule has 0 radical (unpaired) electrons. The van der Waals surface area contributed by atoms with Crippen molar-refractivity contribution in [3.8, 4) is 0 Å². The molecule has 1 N–H and O–H groups in total. The van der Waals surface area contributed by atoms with Crippen molar-refractivity contribution >= 4 is 5.91 Å². The second-order valence-electron chi connectivity index (χ2n) is 4.73. The zero-order valence-corrected chi connectivity index (χ0v) is 10.2. The van der Waals surface area contributed by atoms with E-state index in [4.69, 9.17) is 0 Å². The van der Waals surface area contributed by atoms with Gasteiger partial charge in [-0.25, -0.2) is 9.97 Å². The lowest BCUT2D eigenvalue weighted by Crippen LogP contribution is -2.47. The van der Waals surface area contributed by atoms with E-state index in [1.54, 1.807) is 6.20 Å². The maximum absolute atomic E-state index is 12.5. The van der Waals surface area contributed by atoms with Crippen molar-refractivity contribution in [2.75, 3.05) is 13.1 Å². The van der Waals surface area contributed by atoms with Crippen molar-refractivity contribution in [1.82, 2.24) is 20.2 Å². The van der Waals surface area contributed by atoms with E-state index in [9.17, 15) is 4.79 Å². The van der Waals surface area contributed by atoms with Crippen LogP contribution in [0.3, 0.4) is 0 Å². The summed E-state index contributed by atoms with van der Waals surface area (Å²) in [5.41, 5.74) is 1.94. The minimum absolute atomic E-state index is 0.0687. The van der Waals surface area contributed by atoms with Gasteiger partial charge < -0.3 is 4.90 Å². The smallest absolute Gasteiger partial charge is 0.256 e. The molecule has 19 heavy (non-hydrogen) atoms. The first-order chi connectivity index (χ1) is 9.34. The molecular weight excluding hydrogens is 240 g/mol. The van der Waals surface area contributed by atoms with E-state index < -0.39 is 5.66 Å². The fourth-order valence-corrected chi connectivity index (χ4v) is 3.11. The van der Waals surface area contributed by atoms with Crippen molar-refractivity contribution in [1.29, 1.82) is 0 Å². The van der Waals surface area contributed by atoms with Gasteiger partial charge >= 0.3 is 0 Å². The summed E-state index contributed by atoms with van der Waals surface area (Å²) in [7, 11) is 0. The largest absolute Gasteiger partial charge is 0.310 e. The number of hydrogen-bond donors (Lipinski definition) is 1. The monoisotopic (exact) mass is 252 g/mol. The predicted molar refractivity (Wildman–Crippen MR) is 68.3 cm³/mol. The van der Waals surface area contributed by atoms with E-state index in [0.29, 0.717) is 6.54 Å². The Morgan fingerprint density at radius 1 is 1.26 bits per heavy atom. The number of benzene rings is 1. The van der Waals surface area contributed by atoms with E-state index in [0.717, 1.165) is 23.4 Å². The molecule has 2 aliphatic rings. The molecule has 3 heterocycles. The Labute approximate surface area is 110 Å². The number of fused-ring (bicyclic) bond motifs is 3. The fourth-order valence-electron chi connectivity index (χ4n) is 3.11. The highest BCUT2D eigenvalue weighted by atomic mass is 16.2. The second-order valence-corrected chi connectivity index (χ2v) is 4.73. The highest BCUT2D eigenvalue weighted by Gasteiger charge is 2.54. The van der Waals surface area contributed by atoms with E-state index >= 15 is 0 Å². The van der Waals surface area contributed by atoms with Gasteiger partial charge in [-0.3, -0.25) is 10.1 Å². The Balaban J connectivity index is 2.02. The molecular formula is C14H12N4O. The summed E-state index contributed by atoms with van der Waals surface area (Å²) in [6.07, 6.45) is 3.23. The number of nitrogens with one attached hydrogen (secondary N) is 1. The van der Waals surface area contributed by atoms with Gasteiger partial charge in [0, 0.05) is 30.4 Å². The van der Waals surface area contributed by atoms with E-state index in [2.05, 4.69) is 15.3 Å². The molecule has 1 aromatic heterocycles. The third kappa shape index (κ3) is 1.20. The van der Waals surface area contributed by atoms with E-state index in [-0.39, 0.29) is 5.91 Å². The molecule has 0 aliphatic carbocycles. The second kappa shape index (κ2) is 3.61. The molecule has 1 saturated heterocycles. The normalized spacial score (nSPS) is 24.4. The van der Waals surface area contributed by atoms with Crippen molar-refractivity contribution in [2.45, 2.75) is 5.66 Å². The lowest BCUT2D eigenvalue weighted by Gasteiger charge is -2.32. The molecule has 2 aromatic rings. The van der Waals surface area contributed by atoms with Crippen LogP contribution >= 0.6 is 0 Å². The van der Waals surface area contributed by atoms with Crippen LogP contribution in [0.25, 0.3) is 0 Å². The van der Waals surface area contributed by atoms with Crippen LogP contribution in [0.2, 0.25) is 0 Å². The van der Waals surface area contributed by atoms with Gasteiger partial charge in [0.2, 0.25) is 0 Å². The van der Waals surface area contributed by atoms with Gasteiger partial charge in [-0.05, 0) is 12.1 Å². The molecule has 0 spiro atoms. The summed E-state index contributed by atoms with van der Waals surface area (Å²) in [6.45, 7) is 1.46. The first-order valence-electron chi connectivity index (χ1n) is 6.27. The van der Waals surface area contributed by atoms with Crippen LogP contribution in [-0.2, 0) is 5.66 Å². The van der Waals surface area contributed by atoms with Crippen LogP contribution in [-0.4, -0.2) is 33.9 Å². The molecule has 1 fully saturated rings. The van der Waals surface area contributed by atoms with Crippen LogP contribution in [0.4, 0.5) is 0 Å². The highest BCUT2D eigenvalue weighted by Crippen LogP contribution is 2.43. The summed E-state index contributed by atoms with van der Waals surface area (Å²) in [6, 6.07) is 9.58. The van der Waals surface area contributed by atoms with Crippen LogP contribution in [0.5, 0.6) is 0 Å². The van der Waals surface area contributed by atoms with E-state index in [1.165, 1.54) is 6.33 Å². The van der Waals surface area contributed by atoms with Gasteiger partial charge in [0.15, 0.2) is 5.66 Å². The average Bonchev–Trinajstić information content (AvgIpc) is 3.01. The van der Waals surface area contributed by atoms with Crippen LogP contribution in [0, 0.1) is 0 Å². The average molecular weight is 252 g/mol. The Morgan fingerprint density at radius 3 is 3.00 bits per heavy atom. The topological polar surface area (TPSA) is 58.1 Å². The number of carbonyl (C=O) groups is 1. The molecule has 5 nitrogen and oxygen atoms in total. The van der Waals surface area contributed by atoms with Crippen molar-refractivity contribution < 1.29 is 4.79 Å². The highest BCUT2D eigenvalue weighted by molar-refractivity contribution is 6.00. The minimum atomic E-state index is -0.614. The van der Waals surface area contributed by atoms with Gasteiger partial charge in [-0.2, -0.15) is 0 Å². The van der Waals surface area contributed by atoms with Crippen LogP contribution in [0.15, 0.2) is 42.9 Å². The Hall–Kier alpha value is -2.27. The van der Waals surface area contributed by atoms with Crippen molar-refractivity contribution in [3.63, 3.8) is 0 Å². The Bertz CT molecular complexity index is 658. The van der Waals surface area contributed by atoms with Crippen molar-refractivity contribution in [2.24, 2.45) is 0 Å². The van der Waals surface area contributed by atoms with Crippen molar-refractivity contribution in [3.05, 3.63) is 59.7 Å². The minimum Gasteiger partial charge on any atom is -0.310 e. The van der Waals surface area contributed by atoms with Gasteiger partial charge in [0.05, 0.1) is 5.69 Å². The number of aromatic nitrogens is 2. The van der Waals surface area contributed by atoms with Gasteiger partial charge in [-0.15, -0.1) is 0 Å². The molecule has 1 unspecified atom stereocenters. The Morgan fingerprint density at radius 2 is 2.16 bits per heavy atom. The molecule has 1 amide bonds. The SMILES string of the molecule is O=C1c2ccccc2C2(c3ccncn3)NCCN12. The molecule has 2 aliphatic heterocycles. The quantitative estimate of drug-likeness (QED) is 0.813. The molecule has 94 valence electrons. The number of rotatable bonds is 1. The molecule has 5 heteroatoms. The van der Waals surface area contributed by atoms with Gasteiger partial charge in [-0.1, -0.05) is 18.2 Å². The zero-order valence-electron chi connectivity index (χ0n) is 10.2. The zero-order chi connectivity index (χ0) is 12.9. The van der Waals surface area contributed by atoms with E-state index in [1.807, 2.05) is 35.2 Å². The van der Waals surface area contributed by atoms with Crippen LogP contribution < -0.4 is 5.32 Å². The predicted octanol–water partition coefficient (Wildman–Crippen LogP) is 0.737. The molecule has 1 atom stereocenters. The standard InChI is InChI=1S/C14H12N4O/c19-13-10-3-1-2-4-11(10)14(17-7-8-18(13)14)12-5-6-15-9-16-12/h1-6,9,17H,7-8H2. The van der Waals surface area contributed by atoms with Gasteiger partial charge in [0.25, 0.3) is 5.91 Å². The first-order valence-corrected chi connectivity index (χ1v) is 6.27. The first kappa shape index (κ1) is 10.6. The number of nitrogens with zero attached hydrogens (tertiary/aromatic N) is 3. The third-order valence-electron chi connectivity index (χ3n) is 3.87. The lowest BCUT2D eigenvalue weighted by atomic mass is 9.95. The summed E-state index contributed by atoms with van der Waals surface area (Å²) >= 11 is 0. The Kier molecular flexibility index (Phi) is 2.02. The number of amides is 1. The summed E-state index contributed by atoms with van der Waals surface area (Å²) in [5, 5.41) is 3.45. The fraction of sp³-hybridized carbons (Fsp3) is 0.214. The van der Waals surface area contributed by atoms with Crippen LogP contribution in [0.1, 0.15) is 21.6 Å². The summed E-state index contributed by atoms with van der Waals surface area (Å²) in [4.78, 5) is 22.7. The maximum atomic E-state index is 12.5. The molecule has 4 rings (SSSR count). The molecule has 0 bridgehead atoms. The lowest BCUT2D eigenvalue weighted by molar-refractivity contribution is 0.0689.